The van der Waals surface area contributed by atoms with Gasteiger partial charge in [-0.2, -0.15) is 0 Å². The Morgan fingerprint density at radius 3 is 2.35 bits per heavy atom. The lowest BCUT2D eigenvalue weighted by Crippen LogP contribution is -2.25. The fourth-order valence-corrected chi connectivity index (χ4v) is 1.57. The largest absolute Gasteiger partial charge is 0.462 e. The maximum absolute atomic E-state index is 11.4. The minimum atomic E-state index is -0.474. The van der Waals surface area contributed by atoms with Crippen LogP contribution in [0, 0.1) is 0 Å². The van der Waals surface area contributed by atoms with Crippen LogP contribution in [-0.4, -0.2) is 30.5 Å². The maximum Gasteiger partial charge on any atom is 0.306 e. The summed E-state index contributed by atoms with van der Waals surface area (Å²) in [5.41, 5.74) is 15.5. The minimum Gasteiger partial charge on any atom is -0.462 e. The molecule has 0 aliphatic heterocycles. The van der Waals surface area contributed by atoms with Crippen molar-refractivity contribution in [1.82, 2.24) is 0 Å². The Hall–Kier alpha value is -1.50. The average Bonchev–Trinajstić information content (AvgIpc) is 2.27. The molecule has 0 saturated heterocycles. The zero-order chi connectivity index (χ0) is 14.7. The number of rotatable bonds is 10. The highest BCUT2D eigenvalue weighted by molar-refractivity contribution is 5.85. The minimum absolute atomic E-state index is 0. The number of hydrogen-bond acceptors (Lipinski definition) is 4. The van der Waals surface area contributed by atoms with Gasteiger partial charge in [-0.25, -0.2) is 0 Å². The molecular weight excluding hydrogens is 284 g/mol. The van der Waals surface area contributed by atoms with Crippen LogP contribution < -0.4 is 17.2 Å². The van der Waals surface area contributed by atoms with Gasteiger partial charge in [0.25, 0.3) is 0 Å². The molecule has 20 heavy (non-hydrogen) atoms. The van der Waals surface area contributed by atoms with Gasteiger partial charge < -0.3 is 21.9 Å². The summed E-state index contributed by atoms with van der Waals surface area (Å²) in [7, 11) is 0. The number of halogens is 1. The molecule has 0 bridgehead atoms. The Bertz CT molecular complexity index is 320. The number of guanidine groups is 1. The van der Waals surface area contributed by atoms with Gasteiger partial charge in [-0.05, 0) is 25.7 Å². The second kappa shape index (κ2) is 12.5. The third-order valence-electron chi connectivity index (χ3n) is 2.41. The second-order valence-corrected chi connectivity index (χ2v) is 4.33. The first-order valence-electron chi connectivity index (χ1n) is 6.48. The van der Waals surface area contributed by atoms with Crippen molar-refractivity contribution in [3.8, 4) is 0 Å². The SMILES string of the molecule is CCCC(=O)O[C@@H](CCCCN=C(N)N)CC(N)=O.Cl. The van der Waals surface area contributed by atoms with Gasteiger partial charge in [-0.3, -0.25) is 14.6 Å². The van der Waals surface area contributed by atoms with Crippen LogP contribution in [0.1, 0.15) is 45.4 Å². The van der Waals surface area contributed by atoms with Gasteiger partial charge in [0.15, 0.2) is 5.96 Å². The van der Waals surface area contributed by atoms with E-state index < -0.39 is 12.0 Å². The zero-order valence-corrected chi connectivity index (χ0v) is 12.7. The lowest BCUT2D eigenvalue weighted by Gasteiger charge is -2.16. The average molecular weight is 309 g/mol. The van der Waals surface area contributed by atoms with E-state index in [1.807, 2.05) is 6.92 Å². The van der Waals surface area contributed by atoms with Crippen LogP contribution in [0.25, 0.3) is 0 Å². The first-order chi connectivity index (χ1) is 8.95. The van der Waals surface area contributed by atoms with Crippen LogP contribution in [0.2, 0.25) is 0 Å². The van der Waals surface area contributed by atoms with Gasteiger partial charge >= 0.3 is 5.97 Å². The Balaban J connectivity index is 0. The molecule has 0 aromatic heterocycles. The Labute approximate surface area is 125 Å². The molecule has 118 valence electrons. The van der Waals surface area contributed by atoms with E-state index in [1.54, 1.807) is 0 Å². The van der Waals surface area contributed by atoms with Crippen LogP contribution in [-0.2, 0) is 14.3 Å². The highest BCUT2D eigenvalue weighted by Crippen LogP contribution is 2.10. The number of aliphatic imine (C=N–C) groups is 1. The predicted molar refractivity (Wildman–Crippen MR) is 80.4 cm³/mol. The van der Waals surface area contributed by atoms with Crippen molar-refractivity contribution in [2.24, 2.45) is 22.2 Å². The molecule has 0 fully saturated rings. The van der Waals surface area contributed by atoms with Gasteiger partial charge in [-0.15, -0.1) is 12.4 Å². The smallest absolute Gasteiger partial charge is 0.306 e. The van der Waals surface area contributed by atoms with Crippen LogP contribution in [0.15, 0.2) is 4.99 Å². The fourth-order valence-electron chi connectivity index (χ4n) is 1.57. The summed E-state index contributed by atoms with van der Waals surface area (Å²) in [6, 6.07) is 0. The van der Waals surface area contributed by atoms with Crippen molar-refractivity contribution < 1.29 is 14.3 Å². The topological polar surface area (TPSA) is 134 Å². The highest BCUT2D eigenvalue weighted by Gasteiger charge is 2.16. The molecule has 6 N–H and O–H groups in total. The normalized spacial score (nSPS) is 11.1. The van der Waals surface area contributed by atoms with Crippen molar-refractivity contribution in [2.45, 2.75) is 51.6 Å². The van der Waals surface area contributed by atoms with E-state index >= 15 is 0 Å². The third kappa shape index (κ3) is 12.9. The summed E-state index contributed by atoms with van der Waals surface area (Å²) in [6.07, 6.45) is 2.77. The summed E-state index contributed by atoms with van der Waals surface area (Å²) < 4.78 is 5.20. The van der Waals surface area contributed by atoms with Crippen LogP contribution in [0.3, 0.4) is 0 Å². The van der Waals surface area contributed by atoms with Gasteiger partial charge in [0.05, 0.1) is 6.42 Å². The van der Waals surface area contributed by atoms with Crippen LogP contribution in [0.5, 0.6) is 0 Å². The van der Waals surface area contributed by atoms with Crippen LogP contribution >= 0.6 is 12.4 Å². The fraction of sp³-hybridized carbons (Fsp3) is 0.750. The molecule has 0 aromatic carbocycles. The molecule has 0 aliphatic carbocycles. The highest BCUT2D eigenvalue weighted by atomic mass is 35.5. The first kappa shape index (κ1) is 20.8. The molecule has 7 nitrogen and oxygen atoms in total. The van der Waals surface area contributed by atoms with Gasteiger partial charge in [-0.1, -0.05) is 6.92 Å². The molecule has 0 aromatic rings. The molecule has 1 atom stereocenters. The van der Waals surface area contributed by atoms with E-state index in [4.69, 9.17) is 21.9 Å². The lowest BCUT2D eigenvalue weighted by molar-refractivity contribution is -0.150. The second-order valence-electron chi connectivity index (χ2n) is 4.33. The van der Waals surface area contributed by atoms with Gasteiger partial charge in [0, 0.05) is 13.0 Å². The number of amides is 1. The number of nitrogens with zero attached hydrogens (tertiary/aromatic N) is 1. The molecule has 0 radical (unpaired) electrons. The molecule has 0 aliphatic rings. The van der Waals surface area contributed by atoms with E-state index in [2.05, 4.69) is 4.99 Å². The quantitative estimate of drug-likeness (QED) is 0.233. The van der Waals surface area contributed by atoms with Gasteiger partial charge in [0.1, 0.15) is 6.10 Å². The summed E-state index contributed by atoms with van der Waals surface area (Å²) >= 11 is 0. The van der Waals surface area contributed by atoms with Crippen molar-refractivity contribution in [3.63, 3.8) is 0 Å². The van der Waals surface area contributed by atoms with E-state index in [0.717, 1.165) is 12.8 Å². The van der Waals surface area contributed by atoms with Crippen molar-refractivity contribution in [2.75, 3.05) is 6.54 Å². The number of unbranched alkanes of at least 4 members (excludes halogenated alkanes) is 1. The molecule has 8 heteroatoms. The number of primary amides is 1. The number of esters is 1. The predicted octanol–water partition coefficient (Wildman–Crippen LogP) is 0.439. The summed E-state index contributed by atoms with van der Waals surface area (Å²) in [4.78, 5) is 26.1. The van der Waals surface area contributed by atoms with E-state index in [1.165, 1.54) is 0 Å². The standard InChI is InChI=1S/C12H24N4O3.ClH/c1-2-5-11(18)19-9(8-10(13)17)6-3-4-7-16-12(14)15;/h9H,2-8H2,1H3,(H2,13,17)(H4,14,15,16);1H/t9-;/m0./s1. The number of nitrogens with two attached hydrogens (primary N) is 3. The summed E-state index contributed by atoms with van der Waals surface area (Å²) in [6.45, 7) is 2.41. The number of carbonyl (C=O) groups is 2. The lowest BCUT2D eigenvalue weighted by atomic mass is 10.1. The number of hydrogen-bond donors (Lipinski definition) is 3. The van der Waals surface area contributed by atoms with Crippen molar-refractivity contribution >= 4 is 30.2 Å². The monoisotopic (exact) mass is 308 g/mol. The number of carbonyl (C=O) groups excluding carboxylic acids is 2. The third-order valence-corrected chi connectivity index (χ3v) is 2.41. The number of ether oxygens (including phenoxy) is 1. The molecule has 0 heterocycles. The van der Waals surface area contributed by atoms with Gasteiger partial charge in [0.2, 0.25) is 5.91 Å². The van der Waals surface area contributed by atoms with E-state index in [0.29, 0.717) is 25.8 Å². The van der Waals surface area contributed by atoms with Crippen molar-refractivity contribution in [1.29, 1.82) is 0 Å². The maximum atomic E-state index is 11.4. The molecular formula is C12H25ClN4O3. The van der Waals surface area contributed by atoms with E-state index in [9.17, 15) is 9.59 Å². The summed E-state index contributed by atoms with van der Waals surface area (Å²) in [5.74, 6) is -0.709. The molecule has 0 unspecified atom stereocenters. The molecule has 1 amide bonds. The summed E-state index contributed by atoms with van der Waals surface area (Å²) in [5, 5.41) is 0. The molecule has 0 saturated carbocycles. The Morgan fingerprint density at radius 1 is 1.20 bits per heavy atom. The molecule has 0 rings (SSSR count). The zero-order valence-electron chi connectivity index (χ0n) is 11.8. The van der Waals surface area contributed by atoms with E-state index in [-0.39, 0.29) is 30.8 Å². The molecule has 0 spiro atoms. The Morgan fingerprint density at radius 2 is 1.85 bits per heavy atom. The first-order valence-corrected chi connectivity index (χ1v) is 6.48. The van der Waals surface area contributed by atoms with Crippen molar-refractivity contribution in [3.05, 3.63) is 0 Å². The van der Waals surface area contributed by atoms with Crippen LogP contribution in [0.4, 0.5) is 0 Å². The Kier molecular flexibility index (Phi) is 13.0.